The van der Waals surface area contributed by atoms with Crippen LogP contribution in [0, 0.1) is 5.92 Å². The van der Waals surface area contributed by atoms with E-state index in [9.17, 15) is 13.2 Å². The molecule has 2 rings (SSSR count). The summed E-state index contributed by atoms with van der Waals surface area (Å²) in [4.78, 5) is 16.2. The van der Waals surface area contributed by atoms with Gasteiger partial charge in [-0.05, 0) is 38.8 Å². The Bertz CT molecular complexity index is 452. The minimum atomic E-state index is -2.95. The Kier molecular flexibility index (Phi) is 5.04. The highest BCUT2D eigenvalue weighted by molar-refractivity contribution is 7.91. The van der Waals surface area contributed by atoms with Crippen molar-refractivity contribution in [2.24, 2.45) is 11.7 Å². The summed E-state index contributed by atoms with van der Waals surface area (Å²) < 4.78 is 23.1. The fourth-order valence-corrected chi connectivity index (χ4v) is 4.92. The third-order valence-corrected chi connectivity index (χ3v) is 6.12. The number of likely N-dealkylation sites (tertiary alicyclic amines) is 1. The molecule has 2 saturated heterocycles. The maximum absolute atomic E-state index is 12.4. The minimum absolute atomic E-state index is 0.0484. The van der Waals surface area contributed by atoms with Gasteiger partial charge in [0.25, 0.3) is 0 Å². The lowest BCUT2D eigenvalue weighted by molar-refractivity contribution is -0.133. The van der Waals surface area contributed by atoms with Crippen LogP contribution in [0.25, 0.3) is 0 Å². The van der Waals surface area contributed by atoms with Crippen LogP contribution >= 0.6 is 0 Å². The molecule has 0 aromatic carbocycles. The smallest absolute Gasteiger partial charge is 0.237 e. The number of rotatable bonds is 5. The number of nitrogens with two attached hydrogens (primary N) is 1. The molecule has 2 heterocycles. The normalized spacial score (nSPS) is 29.7. The van der Waals surface area contributed by atoms with E-state index in [1.807, 2.05) is 6.92 Å². The summed E-state index contributed by atoms with van der Waals surface area (Å²) in [6.07, 6.45) is 1.63. The average molecular weight is 303 g/mol. The molecule has 2 aliphatic rings. The van der Waals surface area contributed by atoms with Crippen LogP contribution in [0.5, 0.6) is 0 Å². The van der Waals surface area contributed by atoms with Crippen molar-refractivity contribution in [1.82, 2.24) is 9.80 Å². The van der Waals surface area contributed by atoms with Crippen molar-refractivity contribution in [3.8, 4) is 0 Å². The summed E-state index contributed by atoms with van der Waals surface area (Å²) >= 11 is 0. The Balaban J connectivity index is 1.90. The van der Waals surface area contributed by atoms with E-state index in [0.717, 1.165) is 19.5 Å². The van der Waals surface area contributed by atoms with Gasteiger partial charge in [0, 0.05) is 19.1 Å². The van der Waals surface area contributed by atoms with Gasteiger partial charge in [-0.25, -0.2) is 8.42 Å². The molecule has 0 bridgehead atoms. The zero-order chi connectivity index (χ0) is 14.8. The van der Waals surface area contributed by atoms with Gasteiger partial charge in [0.15, 0.2) is 9.84 Å². The number of hydrogen-bond donors (Lipinski definition) is 1. The fourth-order valence-electron chi connectivity index (χ4n) is 3.19. The molecule has 6 nitrogen and oxygen atoms in total. The van der Waals surface area contributed by atoms with Crippen LogP contribution in [0.3, 0.4) is 0 Å². The van der Waals surface area contributed by atoms with Gasteiger partial charge in [-0.3, -0.25) is 9.69 Å². The number of hydrogen-bond acceptors (Lipinski definition) is 5. The summed E-state index contributed by atoms with van der Waals surface area (Å²) in [5.74, 6) is 0.871. The van der Waals surface area contributed by atoms with Gasteiger partial charge < -0.3 is 10.6 Å². The van der Waals surface area contributed by atoms with Crippen molar-refractivity contribution in [2.45, 2.75) is 25.8 Å². The van der Waals surface area contributed by atoms with E-state index in [2.05, 4.69) is 4.90 Å². The van der Waals surface area contributed by atoms with Crippen molar-refractivity contribution in [1.29, 1.82) is 0 Å². The van der Waals surface area contributed by atoms with E-state index in [0.29, 0.717) is 32.0 Å². The molecule has 20 heavy (non-hydrogen) atoms. The Labute approximate surface area is 121 Å². The first kappa shape index (κ1) is 15.7. The molecule has 2 atom stereocenters. The number of carbonyl (C=O) groups is 1. The monoisotopic (exact) mass is 303 g/mol. The molecule has 2 unspecified atom stereocenters. The van der Waals surface area contributed by atoms with E-state index in [-0.39, 0.29) is 23.5 Å². The van der Waals surface area contributed by atoms with Crippen molar-refractivity contribution < 1.29 is 13.2 Å². The summed E-state index contributed by atoms with van der Waals surface area (Å²) in [5, 5.41) is 0. The molecule has 0 saturated carbocycles. The zero-order valence-corrected chi connectivity index (χ0v) is 12.9. The predicted octanol–water partition coefficient (Wildman–Crippen LogP) is -0.697. The van der Waals surface area contributed by atoms with Crippen molar-refractivity contribution in [2.75, 3.05) is 44.2 Å². The molecule has 0 aliphatic carbocycles. The molecular formula is C13H25N3O3S. The summed E-state index contributed by atoms with van der Waals surface area (Å²) in [5.41, 5.74) is 5.65. The molecule has 0 aromatic heterocycles. The Morgan fingerprint density at radius 1 is 1.40 bits per heavy atom. The Morgan fingerprint density at radius 3 is 2.65 bits per heavy atom. The maximum Gasteiger partial charge on any atom is 0.237 e. The molecule has 116 valence electrons. The minimum Gasteiger partial charge on any atom is -0.338 e. The fraction of sp³-hybridized carbons (Fsp3) is 0.923. The lowest BCUT2D eigenvalue weighted by Crippen LogP contribution is -2.45. The van der Waals surface area contributed by atoms with E-state index in [1.54, 1.807) is 4.90 Å². The topological polar surface area (TPSA) is 83.7 Å². The molecule has 1 amide bonds. The van der Waals surface area contributed by atoms with Gasteiger partial charge in [-0.2, -0.15) is 0 Å². The van der Waals surface area contributed by atoms with Gasteiger partial charge in [0.2, 0.25) is 5.91 Å². The Hall–Kier alpha value is -0.660. The van der Waals surface area contributed by atoms with E-state index >= 15 is 0 Å². The van der Waals surface area contributed by atoms with Crippen LogP contribution in [0.4, 0.5) is 0 Å². The van der Waals surface area contributed by atoms with Crippen LogP contribution < -0.4 is 5.73 Å². The van der Waals surface area contributed by atoms with Gasteiger partial charge >= 0.3 is 0 Å². The number of nitrogens with zero attached hydrogens (tertiary/aromatic N) is 2. The number of likely N-dealkylation sites (N-methyl/N-ethyl adjacent to an activating group) is 1. The van der Waals surface area contributed by atoms with Crippen molar-refractivity contribution in [3.63, 3.8) is 0 Å². The van der Waals surface area contributed by atoms with Crippen LogP contribution in [0.15, 0.2) is 0 Å². The van der Waals surface area contributed by atoms with Crippen LogP contribution in [-0.2, 0) is 14.6 Å². The molecule has 0 spiro atoms. The highest BCUT2D eigenvalue weighted by atomic mass is 32.2. The third kappa shape index (κ3) is 3.71. The quantitative estimate of drug-likeness (QED) is 0.726. The van der Waals surface area contributed by atoms with Crippen molar-refractivity contribution in [3.05, 3.63) is 0 Å². The zero-order valence-electron chi connectivity index (χ0n) is 12.1. The largest absolute Gasteiger partial charge is 0.338 e. The highest BCUT2D eigenvalue weighted by Crippen LogP contribution is 2.19. The maximum atomic E-state index is 12.4. The number of carbonyl (C=O) groups excluding carboxylic acids is 1. The third-order valence-electron chi connectivity index (χ3n) is 4.37. The lowest BCUT2D eigenvalue weighted by Gasteiger charge is -2.29. The van der Waals surface area contributed by atoms with Gasteiger partial charge in [-0.1, -0.05) is 0 Å². The van der Waals surface area contributed by atoms with Crippen LogP contribution in [-0.4, -0.2) is 74.4 Å². The predicted molar refractivity (Wildman–Crippen MR) is 78.0 cm³/mol. The van der Waals surface area contributed by atoms with E-state index in [4.69, 9.17) is 5.73 Å². The standard InChI is InChI=1S/C13H25N3O3S/c1-2-16(12-4-6-20(18,19)10-12)13(17)9-15-5-3-11(7-14)8-15/h11-12H,2-10,14H2,1H3. The first-order valence-corrected chi connectivity index (χ1v) is 9.19. The number of sulfone groups is 1. The summed E-state index contributed by atoms with van der Waals surface area (Å²) in [7, 11) is -2.95. The Morgan fingerprint density at radius 2 is 2.15 bits per heavy atom. The number of amides is 1. The lowest BCUT2D eigenvalue weighted by atomic mass is 10.1. The van der Waals surface area contributed by atoms with Crippen molar-refractivity contribution >= 4 is 15.7 Å². The molecule has 0 radical (unpaired) electrons. The molecular weight excluding hydrogens is 278 g/mol. The second-order valence-corrected chi connectivity index (χ2v) is 8.09. The van der Waals surface area contributed by atoms with Crippen LogP contribution in [0.2, 0.25) is 0 Å². The van der Waals surface area contributed by atoms with Crippen LogP contribution in [0.1, 0.15) is 19.8 Å². The SMILES string of the molecule is CCN(C(=O)CN1CCC(CN)C1)C1CCS(=O)(=O)C1. The highest BCUT2D eigenvalue weighted by Gasteiger charge is 2.34. The average Bonchev–Trinajstić information content (AvgIpc) is 2.97. The van der Waals surface area contributed by atoms with E-state index < -0.39 is 9.84 Å². The summed E-state index contributed by atoms with van der Waals surface area (Å²) in [6.45, 7) is 5.34. The molecule has 7 heteroatoms. The van der Waals surface area contributed by atoms with Gasteiger partial charge in [0.1, 0.15) is 0 Å². The molecule has 0 aromatic rings. The second-order valence-electron chi connectivity index (χ2n) is 5.86. The first-order chi connectivity index (χ1) is 9.45. The first-order valence-electron chi connectivity index (χ1n) is 7.37. The molecule has 2 fully saturated rings. The van der Waals surface area contributed by atoms with E-state index in [1.165, 1.54) is 0 Å². The molecule has 2 N–H and O–H groups in total. The van der Waals surface area contributed by atoms with Gasteiger partial charge in [-0.15, -0.1) is 0 Å². The van der Waals surface area contributed by atoms with Gasteiger partial charge in [0.05, 0.1) is 18.1 Å². The molecule has 2 aliphatic heterocycles. The second kappa shape index (κ2) is 6.41. The summed E-state index contributed by atoms with van der Waals surface area (Å²) in [6, 6.07) is -0.134.